The van der Waals surface area contributed by atoms with Crippen molar-refractivity contribution in [1.29, 1.82) is 0 Å². The van der Waals surface area contributed by atoms with E-state index in [1.54, 1.807) is 6.92 Å². The molecule has 1 saturated carbocycles. The molecule has 74 valence electrons. The Labute approximate surface area is 78.2 Å². The zero-order chi connectivity index (χ0) is 9.68. The molecule has 1 atom stereocenters. The topological polar surface area (TPSA) is 58.7 Å². The Balaban J connectivity index is 2.55. The van der Waals surface area contributed by atoms with Gasteiger partial charge < -0.3 is 10.4 Å². The van der Waals surface area contributed by atoms with Gasteiger partial charge in [-0.2, -0.15) is 0 Å². The van der Waals surface area contributed by atoms with E-state index in [1.807, 2.05) is 0 Å². The van der Waals surface area contributed by atoms with Gasteiger partial charge in [0.25, 0.3) is 0 Å². The van der Waals surface area contributed by atoms with Crippen LogP contribution in [-0.2, 0) is 0 Å². The second-order valence-corrected chi connectivity index (χ2v) is 3.39. The molecule has 4 heteroatoms. The Kier molecular flexibility index (Phi) is 3.73. The molecule has 0 aliphatic heterocycles. The van der Waals surface area contributed by atoms with Crippen LogP contribution < -0.4 is 0 Å². The standard InChI is InChI=1S/C9H16N2O2/c1-2-11(13)7-8-5-3-4-6-9(8)10-12/h2,8,12H,3-7H2,1H3/b10-9+,11-2?. The quantitative estimate of drug-likeness (QED) is 0.233. The van der Waals surface area contributed by atoms with Crippen LogP contribution in [0.3, 0.4) is 0 Å². The highest BCUT2D eigenvalue weighted by Crippen LogP contribution is 2.21. The molecule has 0 aromatic heterocycles. The lowest BCUT2D eigenvalue weighted by atomic mass is 9.87. The molecule has 0 aromatic rings. The van der Waals surface area contributed by atoms with Crippen LogP contribution in [-0.4, -0.2) is 28.4 Å². The van der Waals surface area contributed by atoms with Crippen molar-refractivity contribution in [2.75, 3.05) is 6.54 Å². The van der Waals surface area contributed by atoms with Crippen molar-refractivity contribution in [3.63, 3.8) is 0 Å². The van der Waals surface area contributed by atoms with Gasteiger partial charge >= 0.3 is 0 Å². The van der Waals surface area contributed by atoms with Crippen LogP contribution in [0.25, 0.3) is 0 Å². The van der Waals surface area contributed by atoms with Gasteiger partial charge in [-0.1, -0.05) is 11.6 Å². The minimum Gasteiger partial charge on any atom is -0.624 e. The summed E-state index contributed by atoms with van der Waals surface area (Å²) in [4.78, 5) is 0. The minimum atomic E-state index is 0.146. The third-order valence-electron chi connectivity index (χ3n) is 2.52. The van der Waals surface area contributed by atoms with Gasteiger partial charge in [-0.05, 0) is 19.3 Å². The Morgan fingerprint density at radius 2 is 2.46 bits per heavy atom. The number of hydroxylamine groups is 1. The van der Waals surface area contributed by atoms with E-state index >= 15 is 0 Å². The van der Waals surface area contributed by atoms with Crippen molar-refractivity contribution in [1.82, 2.24) is 0 Å². The molecular weight excluding hydrogens is 168 g/mol. The largest absolute Gasteiger partial charge is 0.624 e. The summed E-state index contributed by atoms with van der Waals surface area (Å²) in [5.74, 6) is 0.146. The lowest BCUT2D eigenvalue weighted by molar-refractivity contribution is -0.458. The summed E-state index contributed by atoms with van der Waals surface area (Å²) >= 11 is 0. The summed E-state index contributed by atoms with van der Waals surface area (Å²) in [5, 5.41) is 23.0. The van der Waals surface area contributed by atoms with Gasteiger partial charge in [0, 0.05) is 6.92 Å². The third kappa shape index (κ3) is 2.72. The lowest BCUT2D eigenvalue weighted by Crippen LogP contribution is -2.27. The second-order valence-electron chi connectivity index (χ2n) is 3.39. The summed E-state index contributed by atoms with van der Waals surface area (Å²) < 4.78 is 0.904. The average Bonchev–Trinajstić information content (AvgIpc) is 2.18. The van der Waals surface area contributed by atoms with Gasteiger partial charge in [0.2, 0.25) is 0 Å². The normalized spacial score (nSPS) is 27.9. The number of hydrogen-bond acceptors (Lipinski definition) is 3. The molecule has 0 aromatic carbocycles. The van der Waals surface area contributed by atoms with Crippen LogP contribution >= 0.6 is 0 Å². The first kappa shape index (κ1) is 10.0. The number of rotatable bonds is 2. The molecule has 1 fully saturated rings. The van der Waals surface area contributed by atoms with E-state index in [-0.39, 0.29) is 5.92 Å². The van der Waals surface area contributed by atoms with E-state index in [2.05, 4.69) is 5.16 Å². The number of oxime groups is 1. The summed E-state index contributed by atoms with van der Waals surface area (Å²) in [6, 6.07) is 0. The first-order valence-corrected chi connectivity index (χ1v) is 4.72. The molecule has 0 saturated heterocycles. The molecule has 0 amide bonds. The molecule has 1 aliphatic rings. The predicted octanol–water partition coefficient (Wildman–Crippen LogP) is 1.61. The van der Waals surface area contributed by atoms with Gasteiger partial charge in [0.05, 0.1) is 11.6 Å². The maximum Gasteiger partial charge on any atom is 0.161 e. The molecule has 0 bridgehead atoms. The Hall–Kier alpha value is -1.06. The molecule has 0 heterocycles. The molecule has 1 rings (SSSR count). The van der Waals surface area contributed by atoms with E-state index < -0.39 is 0 Å². The van der Waals surface area contributed by atoms with Crippen LogP contribution in [0, 0.1) is 11.1 Å². The van der Waals surface area contributed by atoms with E-state index in [9.17, 15) is 5.21 Å². The van der Waals surface area contributed by atoms with E-state index in [0.29, 0.717) is 6.54 Å². The fraction of sp³-hybridized carbons (Fsp3) is 0.778. The van der Waals surface area contributed by atoms with E-state index in [4.69, 9.17) is 5.21 Å². The van der Waals surface area contributed by atoms with Crippen LogP contribution in [0.2, 0.25) is 0 Å². The molecule has 1 N–H and O–H groups in total. The SMILES string of the molecule is CC=[N+]([O-])CC1CCCC/C1=N\O. The van der Waals surface area contributed by atoms with Gasteiger partial charge in [0.15, 0.2) is 6.54 Å². The zero-order valence-corrected chi connectivity index (χ0v) is 7.94. The zero-order valence-electron chi connectivity index (χ0n) is 7.94. The molecule has 1 aliphatic carbocycles. The first-order chi connectivity index (χ1) is 6.27. The average molecular weight is 184 g/mol. The molecule has 13 heavy (non-hydrogen) atoms. The van der Waals surface area contributed by atoms with Gasteiger partial charge in [0.1, 0.15) is 6.21 Å². The highest BCUT2D eigenvalue weighted by molar-refractivity contribution is 5.86. The Bertz CT molecular complexity index is 224. The predicted molar refractivity (Wildman–Crippen MR) is 51.4 cm³/mol. The monoisotopic (exact) mass is 184 g/mol. The van der Waals surface area contributed by atoms with Gasteiger partial charge in [-0.15, -0.1) is 0 Å². The van der Waals surface area contributed by atoms with E-state index in [1.165, 1.54) is 6.21 Å². The fourth-order valence-electron chi connectivity index (χ4n) is 1.72. The van der Waals surface area contributed by atoms with Crippen LogP contribution in [0.4, 0.5) is 0 Å². The van der Waals surface area contributed by atoms with Gasteiger partial charge in [-0.25, -0.2) is 4.74 Å². The van der Waals surface area contributed by atoms with Crippen molar-refractivity contribution in [3.05, 3.63) is 5.21 Å². The van der Waals surface area contributed by atoms with E-state index in [0.717, 1.165) is 36.1 Å². The molecular formula is C9H16N2O2. The smallest absolute Gasteiger partial charge is 0.161 e. The maximum absolute atomic E-state index is 11.1. The summed E-state index contributed by atoms with van der Waals surface area (Å²) in [6.07, 6.45) is 5.50. The highest BCUT2D eigenvalue weighted by Gasteiger charge is 2.23. The Morgan fingerprint density at radius 1 is 1.69 bits per heavy atom. The lowest BCUT2D eigenvalue weighted by Gasteiger charge is -2.21. The summed E-state index contributed by atoms with van der Waals surface area (Å²) in [7, 11) is 0. The first-order valence-electron chi connectivity index (χ1n) is 4.72. The number of hydrogen-bond donors (Lipinski definition) is 1. The van der Waals surface area contributed by atoms with Crippen LogP contribution in [0.15, 0.2) is 5.16 Å². The number of nitrogens with zero attached hydrogens (tertiary/aromatic N) is 2. The Morgan fingerprint density at radius 3 is 3.08 bits per heavy atom. The van der Waals surface area contributed by atoms with Gasteiger partial charge in [-0.3, -0.25) is 0 Å². The van der Waals surface area contributed by atoms with Crippen molar-refractivity contribution < 1.29 is 9.95 Å². The molecule has 1 unspecified atom stereocenters. The van der Waals surface area contributed by atoms with Crippen LogP contribution in [0.5, 0.6) is 0 Å². The van der Waals surface area contributed by atoms with Crippen molar-refractivity contribution in [2.24, 2.45) is 11.1 Å². The van der Waals surface area contributed by atoms with Crippen molar-refractivity contribution in [2.45, 2.75) is 32.6 Å². The summed E-state index contributed by atoms with van der Waals surface area (Å²) in [6.45, 7) is 2.14. The maximum atomic E-state index is 11.1. The van der Waals surface area contributed by atoms with Crippen molar-refractivity contribution in [3.8, 4) is 0 Å². The third-order valence-corrected chi connectivity index (χ3v) is 2.52. The van der Waals surface area contributed by atoms with Crippen LogP contribution in [0.1, 0.15) is 32.6 Å². The fourth-order valence-corrected chi connectivity index (χ4v) is 1.72. The minimum absolute atomic E-state index is 0.146. The van der Waals surface area contributed by atoms with Crippen molar-refractivity contribution >= 4 is 11.9 Å². The molecule has 4 nitrogen and oxygen atoms in total. The molecule has 0 radical (unpaired) electrons. The molecule has 0 spiro atoms. The summed E-state index contributed by atoms with van der Waals surface area (Å²) in [5.41, 5.74) is 0.786. The second kappa shape index (κ2) is 4.84. The highest BCUT2D eigenvalue weighted by atomic mass is 16.5.